The Labute approximate surface area is 154 Å². The van der Waals surface area contributed by atoms with Crippen molar-refractivity contribution in [2.24, 2.45) is 16.6 Å². The number of aromatic nitrogens is 4. The van der Waals surface area contributed by atoms with Crippen molar-refractivity contribution in [3.05, 3.63) is 35.8 Å². The van der Waals surface area contributed by atoms with E-state index in [1.54, 1.807) is 25.5 Å². The van der Waals surface area contributed by atoms with Crippen molar-refractivity contribution in [2.45, 2.75) is 12.5 Å². The maximum Gasteiger partial charge on any atom is 0.255 e. The fourth-order valence-electron chi connectivity index (χ4n) is 3.45. The molecular weight excluding hydrogens is 357 g/mol. The molecule has 1 saturated heterocycles. The lowest BCUT2D eigenvalue weighted by Crippen LogP contribution is -2.40. The minimum Gasteiger partial charge on any atom is -0.479 e. The first-order valence-electron chi connectivity index (χ1n) is 8.11. The molecule has 0 bridgehead atoms. The van der Waals surface area contributed by atoms with Crippen molar-refractivity contribution in [1.29, 1.82) is 0 Å². The first-order valence-corrected chi connectivity index (χ1v) is 9.10. The van der Waals surface area contributed by atoms with Crippen LogP contribution in [-0.4, -0.2) is 51.1 Å². The topological polar surface area (TPSA) is 102 Å². The number of thioether (sulfide) groups is 1. The number of amidine groups is 1. The van der Waals surface area contributed by atoms with E-state index in [9.17, 15) is 4.39 Å². The number of anilines is 1. The highest BCUT2D eigenvalue weighted by molar-refractivity contribution is 8.13. The molecule has 2 aromatic rings. The molecule has 2 atom stereocenters. The van der Waals surface area contributed by atoms with Crippen molar-refractivity contribution in [3.63, 3.8) is 0 Å². The van der Waals surface area contributed by atoms with Crippen molar-refractivity contribution >= 4 is 22.9 Å². The summed E-state index contributed by atoms with van der Waals surface area (Å²) in [6, 6.07) is 0. The molecule has 0 aromatic carbocycles. The average Bonchev–Trinajstić information content (AvgIpc) is 3.04. The van der Waals surface area contributed by atoms with Crippen molar-refractivity contribution in [2.75, 3.05) is 30.9 Å². The van der Waals surface area contributed by atoms with Gasteiger partial charge in [0.15, 0.2) is 5.17 Å². The average molecular weight is 375 g/mol. The summed E-state index contributed by atoms with van der Waals surface area (Å²) >= 11 is 1.53. The third-order valence-electron chi connectivity index (χ3n) is 4.75. The third kappa shape index (κ3) is 2.64. The molecule has 26 heavy (non-hydrogen) atoms. The molecule has 0 amide bonds. The number of aliphatic imine (C=N–C) groups is 1. The maximum atomic E-state index is 14.0. The predicted octanol–water partition coefficient (Wildman–Crippen LogP) is 1.12. The molecule has 2 unspecified atom stereocenters. The van der Waals surface area contributed by atoms with Gasteiger partial charge in [0.05, 0.1) is 31.2 Å². The lowest BCUT2D eigenvalue weighted by molar-refractivity contribution is 0.365. The van der Waals surface area contributed by atoms with Gasteiger partial charge >= 0.3 is 0 Å². The summed E-state index contributed by atoms with van der Waals surface area (Å²) < 4.78 is 19.1. The smallest absolute Gasteiger partial charge is 0.255 e. The molecular formula is C16H18FN7OS. The molecule has 2 N–H and O–H groups in total. The van der Waals surface area contributed by atoms with Gasteiger partial charge in [-0.2, -0.15) is 9.37 Å². The Kier molecular flexibility index (Phi) is 4.14. The summed E-state index contributed by atoms with van der Waals surface area (Å²) in [6.07, 6.45) is 5.00. The number of hydrogen-bond donors (Lipinski definition) is 1. The first-order chi connectivity index (χ1) is 12.5. The molecule has 8 nitrogen and oxygen atoms in total. The molecule has 10 heteroatoms. The summed E-state index contributed by atoms with van der Waals surface area (Å²) in [5, 5.41) is 0.530. The fourth-order valence-corrected chi connectivity index (χ4v) is 4.43. The number of halogens is 1. The summed E-state index contributed by atoms with van der Waals surface area (Å²) in [6.45, 7) is 2.75. The second-order valence-corrected chi connectivity index (χ2v) is 7.33. The first kappa shape index (κ1) is 17.0. The zero-order valence-electron chi connectivity index (χ0n) is 14.4. The number of nitrogens with zero attached hydrogens (tertiary/aromatic N) is 6. The van der Waals surface area contributed by atoms with Gasteiger partial charge in [0.25, 0.3) is 5.88 Å². The highest BCUT2D eigenvalue weighted by atomic mass is 32.2. The maximum absolute atomic E-state index is 14.0. The summed E-state index contributed by atoms with van der Waals surface area (Å²) in [5.74, 6) is 0.774. The zero-order valence-corrected chi connectivity index (χ0v) is 15.2. The molecule has 2 aromatic heterocycles. The second-order valence-electron chi connectivity index (χ2n) is 6.29. The van der Waals surface area contributed by atoms with Crippen LogP contribution in [0, 0.1) is 18.7 Å². The second kappa shape index (κ2) is 6.35. The normalized spacial score (nSPS) is 25.0. The number of ether oxygens (including phenoxy) is 1. The van der Waals surface area contributed by atoms with Crippen LogP contribution in [0.5, 0.6) is 5.88 Å². The van der Waals surface area contributed by atoms with Gasteiger partial charge < -0.3 is 15.4 Å². The Morgan fingerprint density at radius 3 is 2.96 bits per heavy atom. The Hall–Kier alpha value is -2.49. The minimum absolute atomic E-state index is 0.0617. The number of fused-ring (bicyclic) bond motifs is 1. The minimum atomic E-state index is -0.609. The molecule has 0 spiro atoms. The van der Waals surface area contributed by atoms with Gasteiger partial charge in [-0.25, -0.2) is 9.98 Å². The largest absolute Gasteiger partial charge is 0.479 e. The van der Waals surface area contributed by atoms with Crippen LogP contribution in [0.1, 0.15) is 11.4 Å². The highest BCUT2D eigenvalue weighted by Gasteiger charge is 2.52. The van der Waals surface area contributed by atoms with Crippen LogP contribution in [0.3, 0.4) is 0 Å². The van der Waals surface area contributed by atoms with Gasteiger partial charge in [-0.3, -0.25) is 9.97 Å². The van der Waals surface area contributed by atoms with Gasteiger partial charge in [0, 0.05) is 30.6 Å². The van der Waals surface area contributed by atoms with Crippen molar-refractivity contribution in [3.8, 4) is 5.88 Å². The predicted molar refractivity (Wildman–Crippen MR) is 96.8 cm³/mol. The number of methoxy groups -OCH3 is 1. The van der Waals surface area contributed by atoms with E-state index in [4.69, 9.17) is 15.5 Å². The Balaban J connectivity index is 1.76. The lowest BCUT2D eigenvalue weighted by atomic mass is 9.86. The zero-order chi connectivity index (χ0) is 18.3. The van der Waals surface area contributed by atoms with Crippen LogP contribution in [0.2, 0.25) is 0 Å². The van der Waals surface area contributed by atoms with E-state index in [0.717, 1.165) is 11.4 Å². The van der Waals surface area contributed by atoms with E-state index in [-0.39, 0.29) is 17.5 Å². The van der Waals surface area contributed by atoms with Gasteiger partial charge in [-0.15, -0.1) is 0 Å². The quantitative estimate of drug-likeness (QED) is 0.851. The van der Waals surface area contributed by atoms with E-state index in [1.807, 2.05) is 4.90 Å². The van der Waals surface area contributed by atoms with E-state index >= 15 is 0 Å². The van der Waals surface area contributed by atoms with Crippen molar-refractivity contribution < 1.29 is 9.13 Å². The van der Waals surface area contributed by atoms with Gasteiger partial charge in [0.1, 0.15) is 5.54 Å². The fraction of sp³-hybridized carbons (Fsp3) is 0.438. The summed E-state index contributed by atoms with van der Waals surface area (Å²) in [7, 11) is 1.39. The molecule has 4 rings (SSSR count). The van der Waals surface area contributed by atoms with Crippen molar-refractivity contribution in [1.82, 2.24) is 19.9 Å². The molecule has 2 aliphatic heterocycles. The molecule has 1 fully saturated rings. The van der Waals surface area contributed by atoms with Crippen LogP contribution in [0.4, 0.5) is 10.3 Å². The third-order valence-corrected chi connectivity index (χ3v) is 5.70. The van der Waals surface area contributed by atoms with E-state index in [1.165, 1.54) is 18.9 Å². The monoisotopic (exact) mass is 375 g/mol. The molecule has 2 aliphatic rings. The number of rotatable bonds is 3. The van der Waals surface area contributed by atoms with Gasteiger partial charge in [-0.05, 0) is 6.92 Å². The van der Waals surface area contributed by atoms with E-state index in [2.05, 4.69) is 19.9 Å². The van der Waals surface area contributed by atoms with E-state index in [0.29, 0.717) is 24.2 Å². The number of nitrogens with two attached hydrogens (primary N) is 1. The Morgan fingerprint density at radius 1 is 1.38 bits per heavy atom. The standard InChI is InChI=1S/C16H18FN7OS/c1-9-12(17)13(25-2)22-15(21-9)24-6-10-7-26-14(18)23-16(10,8-24)11-5-19-3-4-20-11/h3-5,10H,6-8H2,1-2H3,(H2,18,23). The van der Waals surface area contributed by atoms with Gasteiger partial charge in [-0.1, -0.05) is 11.8 Å². The van der Waals surface area contributed by atoms with Crippen LogP contribution < -0.4 is 15.4 Å². The Bertz CT molecular complexity index is 865. The molecule has 0 aliphatic carbocycles. The summed E-state index contributed by atoms with van der Waals surface area (Å²) in [5.41, 5.74) is 6.43. The number of hydrogen-bond acceptors (Lipinski definition) is 9. The molecule has 0 radical (unpaired) electrons. The van der Waals surface area contributed by atoms with Crippen LogP contribution in [-0.2, 0) is 5.54 Å². The SMILES string of the molecule is COc1nc(N2CC3CSC(N)=NC3(c3cnccn3)C2)nc(C)c1F. The number of aryl methyl sites for hydroxylation is 1. The molecule has 136 valence electrons. The molecule has 0 saturated carbocycles. The van der Waals surface area contributed by atoms with Gasteiger partial charge in [0.2, 0.25) is 11.8 Å². The Morgan fingerprint density at radius 2 is 2.23 bits per heavy atom. The van der Waals surface area contributed by atoms with Crippen LogP contribution in [0.15, 0.2) is 23.6 Å². The lowest BCUT2D eigenvalue weighted by Gasteiger charge is -2.33. The molecule has 4 heterocycles. The highest BCUT2D eigenvalue weighted by Crippen LogP contribution is 2.45. The van der Waals surface area contributed by atoms with Crippen LogP contribution >= 0.6 is 11.8 Å². The van der Waals surface area contributed by atoms with Crippen LogP contribution in [0.25, 0.3) is 0 Å². The van der Waals surface area contributed by atoms with E-state index < -0.39 is 11.4 Å². The summed E-state index contributed by atoms with van der Waals surface area (Å²) in [4.78, 5) is 23.9.